The molecule has 0 fully saturated rings. The predicted molar refractivity (Wildman–Crippen MR) is 116 cm³/mol. The Morgan fingerprint density at radius 3 is 2.45 bits per heavy atom. The molecule has 0 aliphatic heterocycles. The molecule has 8 heteroatoms. The van der Waals surface area contributed by atoms with Crippen molar-refractivity contribution in [3.05, 3.63) is 76.7 Å². The number of benzene rings is 2. The SMILES string of the molecule is COc1ccc(C(=O)NCC(C)(O)c2ccc(OC)c(-c3ccc(F)c(Cl)c3)n2)cc1. The van der Waals surface area contributed by atoms with Crippen molar-refractivity contribution in [3.8, 4) is 22.8 Å². The molecular formula is C23H22ClFN2O4. The van der Waals surface area contributed by atoms with Gasteiger partial charge in [-0.2, -0.15) is 0 Å². The second kappa shape index (κ2) is 9.32. The number of carbonyl (C=O) groups excluding carboxylic acids is 1. The number of amides is 1. The van der Waals surface area contributed by atoms with Crippen LogP contribution in [0.5, 0.6) is 11.5 Å². The highest BCUT2D eigenvalue weighted by Crippen LogP contribution is 2.33. The third kappa shape index (κ3) is 5.13. The first-order valence-electron chi connectivity index (χ1n) is 9.40. The topological polar surface area (TPSA) is 80.7 Å². The monoisotopic (exact) mass is 444 g/mol. The van der Waals surface area contributed by atoms with Crippen LogP contribution < -0.4 is 14.8 Å². The molecule has 2 N–H and O–H groups in total. The summed E-state index contributed by atoms with van der Waals surface area (Å²) in [6.45, 7) is 1.46. The van der Waals surface area contributed by atoms with Crippen molar-refractivity contribution < 1.29 is 23.8 Å². The lowest BCUT2D eigenvalue weighted by molar-refractivity contribution is 0.0489. The number of hydrogen-bond acceptors (Lipinski definition) is 5. The van der Waals surface area contributed by atoms with Crippen LogP contribution in [0.2, 0.25) is 5.02 Å². The first kappa shape index (κ1) is 22.5. The molecular weight excluding hydrogens is 423 g/mol. The summed E-state index contributed by atoms with van der Waals surface area (Å²) in [6.07, 6.45) is 0. The Hall–Kier alpha value is -3.16. The first-order chi connectivity index (χ1) is 14.7. The average Bonchev–Trinajstić information content (AvgIpc) is 2.79. The van der Waals surface area contributed by atoms with Gasteiger partial charge in [0.05, 0.1) is 31.5 Å². The van der Waals surface area contributed by atoms with Crippen LogP contribution in [-0.4, -0.2) is 36.8 Å². The maximum absolute atomic E-state index is 13.6. The van der Waals surface area contributed by atoms with Crippen LogP contribution in [0.1, 0.15) is 23.0 Å². The Labute approximate surface area is 184 Å². The van der Waals surface area contributed by atoms with Crippen molar-refractivity contribution in [3.63, 3.8) is 0 Å². The number of carbonyl (C=O) groups is 1. The molecule has 1 aromatic heterocycles. The number of methoxy groups -OCH3 is 2. The number of nitrogens with zero attached hydrogens (tertiary/aromatic N) is 1. The van der Waals surface area contributed by atoms with Crippen LogP contribution in [0.25, 0.3) is 11.3 Å². The van der Waals surface area contributed by atoms with E-state index in [4.69, 9.17) is 21.1 Å². The minimum atomic E-state index is -1.48. The van der Waals surface area contributed by atoms with Gasteiger partial charge in [0, 0.05) is 11.1 Å². The smallest absolute Gasteiger partial charge is 0.251 e. The summed E-state index contributed by atoms with van der Waals surface area (Å²) in [4.78, 5) is 16.9. The van der Waals surface area contributed by atoms with E-state index in [0.29, 0.717) is 34.0 Å². The molecule has 31 heavy (non-hydrogen) atoms. The zero-order chi connectivity index (χ0) is 22.6. The molecule has 2 aromatic carbocycles. The third-order valence-corrected chi connectivity index (χ3v) is 5.06. The van der Waals surface area contributed by atoms with Gasteiger partial charge in [-0.05, 0) is 61.5 Å². The van der Waals surface area contributed by atoms with E-state index in [1.165, 1.54) is 32.2 Å². The maximum Gasteiger partial charge on any atom is 0.251 e. The van der Waals surface area contributed by atoms with Gasteiger partial charge in [-0.25, -0.2) is 9.37 Å². The van der Waals surface area contributed by atoms with Gasteiger partial charge in [0.2, 0.25) is 0 Å². The van der Waals surface area contributed by atoms with Crippen molar-refractivity contribution >= 4 is 17.5 Å². The zero-order valence-corrected chi connectivity index (χ0v) is 18.0. The number of pyridine rings is 1. The summed E-state index contributed by atoms with van der Waals surface area (Å²) in [6, 6.07) is 14.1. The fraction of sp³-hybridized carbons (Fsp3) is 0.217. The van der Waals surface area contributed by atoms with Crippen molar-refractivity contribution in [2.75, 3.05) is 20.8 Å². The number of rotatable bonds is 7. The molecule has 0 saturated carbocycles. The molecule has 162 valence electrons. The van der Waals surface area contributed by atoms with Gasteiger partial charge in [-0.15, -0.1) is 0 Å². The highest BCUT2D eigenvalue weighted by Gasteiger charge is 2.27. The summed E-state index contributed by atoms with van der Waals surface area (Å²) in [7, 11) is 3.03. The van der Waals surface area contributed by atoms with Crippen molar-refractivity contribution in [1.82, 2.24) is 10.3 Å². The summed E-state index contributed by atoms with van der Waals surface area (Å²) in [5.41, 5.74) is 0.180. The fourth-order valence-electron chi connectivity index (χ4n) is 2.95. The van der Waals surface area contributed by atoms with Gasteiger partial charge >= 0.3 is 0 Å². The van der Waals surface area contributed by atoms with Crippen LogP contribution in [0, 0.1) is 5.82 Å². The molecule has 0 radical (unpaired) electrons. The quantitative estimate of drug-likeness (QED) is 0.571. The summed E-state index contributed by atoms with van der Waals surface area (Å²) in [5.74, 6) is 0.180. The molecule has 0 aliphatic carbocycles. The van der Waals surface area contributed by atoms with E-state index in [1.54, 1.807) is 43.5 Å². The number of nitrogens with one attached hydrogen (secondary N) is 1. The second-order valence-electron chi connectivity index (χ2n) is 7.06. The normalized spacial score (nSPS) is 12.7. The Kier molecular flexibility index (Phi) is 6.77. The molecule has 1 heterocycles. The molecule has 3 rings (SSSR count). The van der Waals surface area contributed by atoms with E-state index >= 15 is 0 Å². The largest absolute Gasteiger partial charge is 0.497 e. The highest BCUT2D eigenvalue weighted by molar-refractivity contribution is 6.31. The van der Waals surface area contributed by atoms with Crippen LogP contribution in [-0.2, 0) is 5.60 Å². The Morgan fingerprint density at radius 1 is 1.13 bits per heavy atom. The maximum atomic E-state index is 13.6. The summed E-state index contributed by atoms with van der Waals surface area (Å²) in [5, 5.41) is 13.6. The van der Waals surface area contributed by atoms with Gasteiger partial charge in [0.25, 0.3) is 5.91 Å². The molecule has 1 amide bonds. The number of hydrogen-bond donors (Lipinski definition) is 2. The summed E-state index contributed by atoms with van der Waals surface area (Å²) < 4.78 is 24.0. The molecule has 1 unspecified atom stereocenters. The van der Waals surface area contributed by atoms with E-state index < -0.39 is 11.4 Å². The van der Waals surface area contributed by atoms with E-state index in [2.05, 4.69) is 10.3 Å². The lowest BCUT2D eigenvalue weighted by atomic mass is 9.99. The second-order valence-corrected chi connectivity index (χ2v) is 7.47. The lowest BCUT2D eigenvalue weighted by Crippen LogP contribution is -2.39. The minimum absolute atomic E-state index is 0.0507. The predicted octanol–water partition coefficient (Wildman–Crippen LogP) is 4.20. The van der Waals surface area contributed by atoms with Crippen molar-refractivity contribution in [1.29, 1.82) is 0 Å². The van der Waals surface area contributed by atoms with Crippen molar-refractivity contribution in [2.24, 2.45) is 0 Å². The Morgan fingerprint density at radius 2 is 1.84 bits per heavy atom. The molecule has 1 atom stereocenters. The van der Waals surface area contributed by atoms with Crippen molar-refractivity contribution in [2.45, 2.75) is 12.5 Å². The van der Waals surface area contributed by atoms with Crippen LogP contribution in [0.3, 0.4) is 0 Å². The van der Waals surface area contributed by atoms with Crippen LogP contribution >= 0.6 is 11.6 Å². The Bertz CT molecular complexity index is 1090. The van der Waals surface area contributed by atoms with Gasteiger partial charge < -0.3 is 19.9 Å². The number of ether oxygens (including phenoxy) is 2. The van der Waals surface area contributed by atoms with E-state index in [0.717, 1.165) is 0 Å². The average molecular weight is 445 g/mol. The minimum Gasteiger partial charge on any atom is -0.497 e. The van der Waals surface area contributed by atoms with Crippen LogP contribution in [0.4, 0.5) is 4.39 Å². The number of halogens is 2. The Balaban J connectivity index is 1.83. The van der Waals surface area contributed by atoms with Gasteiger partial charge in [0.15, 0.2) is 0 Å². The lowest BCUT2D eigenvalue weighted by Gasteiger charge is -2.24. The van der Waals surface area contributed by atoms with E-state index in [1.807, 2.05) is 0 Å². The number of aliphatic hydroxyl groups is 1. The molecule has 0 saturated heterocycles. The molecule has 0 bridgehead atoms. The molecule has 6 nitrogen and oxygen atoms in total. The molecule has 0 spiro atoms. The first-order valence-corrected chi connectivity index (χ1v) is 9.78. The molecule has 3 aromatic rings. The third-order valence-electron chi connectivity index (χ3n) is 4.77. The van der Waals surface area contributed by atoms with Crippen LogP contribution in [0.15, 0.2) is 54.6 Å². The standard InChI is InChI=1S/C23H22ClFN2O4/c1-23(29,13-26-22(28)14-4-7-16(30-2)8-5-14)20-11-10-19(31-3)21(27-20)15-6-9-18(25)17(24)12-15/h4-12,29H,13H2,1-3H3,(H,26,28). The van der Waals surface area contributed by atoms with E-state index in [9.17, 15) is 14.3 Å². The highest BCUT2D eigenvalue weighted by atomic mass is 35.5. The van der Waals surface area contributed by atoms with Gasteiger partial charge in [-0.1, -0.05) is 11.6 Å². The number of aromatic nitrogens is 1. The molecule has 0 aliphatic rings. The fourth-order valence-corrected chi connectivity index (χ4v) is 3.13. The van der Waals surface area contributed by atoms with Gasteiger partial charge in [0.1, 0.15) is 28.6 Å². The summed E-state index contributed by atoms with van der Waals surface area (Å²) >= 11 is 5.90. The van der Waals surface area contributed by atoms with E-state index in [-0.39, 0.29) is 17.5 Å². The van der Waals surface area contributed by atoms with Gasteiger partial charge in [-0.3, -0.25) is 4.79 Å². The zero-order valence-electron chi connectivity index (χ0n) is 17.3.